The fourth-order valence-corrected chi connectivity index (χ4v) is 7.77. The number of hydrogen-bond acceptors (Lipinski definition) is 11. The number of anilines is 3. The molecule has 3 N–H and O–H groups in total. The van der Waals surface area contributed by atoms with E-state index in [9.17, 15) is 18.3 Å². The highest BCUT2D eigenvalue weighted by Gasteiger charge is 2.48. The number of benzene rings is 1. The average Bonchev–Trinajstić information content (AvgIpc) is 3.49. The molecule has 3 aromatic rings. The van der Waals surface area contributed by atoms with Crippen molar-refractivity contribution in [3.8, 4) is 11.4 Å². The van der Waals surface area contributed by atoms with Gasteiger partial charge in [-0.2, -0.15) is 0 Å². The third-order valence-corrected chi connectivity index (χ3v) is 10.7. The van der Waals surface area contributed by atoms with Crippen LogP contribution in [0.4, 0.5) is 21.4 Å². The number of rotatable bonds is 9. The number of urea groups is 1. The molecule has 0 aliphatic carbocycles. The summed E-state index contributed by atoms with van der Waals surface area (Å²) in [6.45, 7) is 4.11. The normalized spacial score (nSPS) is 19.1. The smallest absolute Gasteiger partial charge is 0.325 e. The van der Waals surface area contributed by atoms with Crippen LogP contribution in [-0.2, 0) is 24.1 Å². The first-order valence-electron chi connectivity index (χ1n) is 13.5. The van der Waals surface area contributed by atoms with E-state index in [4.69, 9.17) is 19.4 Å². The van der Waals surface area contributed by atoms with Crippen molar-refractivity contribution in [2.24, 2.45) is 0 Å². The second kappa shape index (κ2) is 12.8. The van der Waals surface area contributed by atoms with E-state index in [1.807, 2.05) is 6.92 Å². The van der Waals surface area contributed by atoms with Crippen molar-refractivity contribution in [2.75, 3.05) is 60.9 Å². The molecule has 2 amide bonds. The highest BCUT2D eigenvalue weighted by Crippen LogP contribution is 2.42. The van der Waals surface area contributed by atoms with Crippen molar-refractivity contribution in [3.63, 3.8) is 0 Å². The molecule has 4 heterocycles. The number of aliphatic hydroxyl groups excluding tert-OH is 1. The molecule has 0 saturated carbocycles. The van der Waals surface area contributed by atoms with E-state index >= 15 is 0 Å². The van der Waals surface area contributed by atoms with Gasteiger partial charge in [0.2, 0.25) is 0 Å². The zero-order chi connectivity index (χ0) is 28.9. The van der Waals surface area contributed by atoms with E-state index in [1.54, 1.807) is 41.9 Å². The van der Waals surface area contributed by atoms with Crippen molar-refractivity contribution in [2.45, 2.75) is 37.0 Å². The molecule has 220 valence electrons. The van der Waals surface area contributed by atoms with Gasteiger partial charge in [-0.1, -0.05) is 0 Å². The molecular weight excluding hydrogens is 568 g/mol. The number of nitrogens with one attached hydrogen (secondary N) is 2. The molecule has 14 heteroatoms. The van der Waals surface area contributed by atoms with Crippen LogP contribution in [0, 0.1) is 0 Å². The maximum absolute atomic E-state index is 13.8. The zero-order valence-corrected chi connectivity index (χ0v) is 24.4. The second-order valence-electron chi connectivity index (χ2n) is 10.0. The second-order valence-corrected chi connectivity index (χ2v) is 13.4. The van der Waals surface area contributed by atoms with E-state index < -0.39 is 20.6 Å². The standard InChI is InChI=1S/C27H34N6O6S2/c1-19-18-39-14-10-33(19)23-17-22(27(7-12-38-13-8-27)41(36,37)16-2-11-34)30-24(31-23)20-3-5-21(6-4-20)29-25(35)32-26-28-9-15-40-26/h3-6,9,15,17,19,34H,2,7-8,10-14,16,18H2,1H3,(H2,28,29,32,35)/t19-/m0/s1. The summed E-state index contributed by atoms with van der Waals surface area (Å²) in [5, 5.41) is 17.1. The summed E-state index contributed by atoms with van der Waals surface area (Å²) in [6.07, 6.45) is 2.30. The molecule has 2 fully saturated rings. The molecule has 5 rings (SSSR count). The van der Waals surface area contributed by atoms with Crippen LogP contribution in [0.15, 0.2) is 41.9 Å². The van der Waals surface area contributed by atoms with Crippen LogP contribution in [-0.4, -0.2) is 85.9 Å². The first-order chi connectivity index (χ1) is 19.8. The van der Waals surface area contributed by atoms with Gasteiger partial charge in [-0.3, -0.25) is 5.32 Å². The van der Waals surface area contributed by atoms with Gasteiger partial charge in [0, 0.05) is 55.3 Å². The third kappa shape index (κ3) is 6.51. The van der Waals surface area contributed by atoms with Crippen molar-refractivity contribution in [1.29, 1.82) is 0 Å². The Morgan fingerprint density at radius 3 is 2.61 bits per heavy atom. The topological polar surface area (TPSA) is 156 Å². The van der Waals surface area contributed by atoms with E-state index in [-0.39, 0.29) is 37.7 Å². The molecule has 12 nitrogen and oxygen atoms in total. The monoisotopic (exact) mass is 602 g/mol. The molecule has 2 saturated heterocycles. The van der Waals surface area contributed by atoms with Crippen molar-refractivity contribution >= 4 is 43.8 Å². The van der Waals surface area contributed by atoms with Gasteiger partial charge >= 0.3 is 6.03 Å². The molecule has 41 heavy (non-hydrogen) atoms. The van der Waals surface area contributed by atoms with Gasteiger partial charge in [-0.05, 0) is 50.5 Å². The highest BCUT2D eigenvalue weighted by atomic mass is 32.2. The molecule has 2 aliphatic rings. The third-order valence-electron chi connectivity index (χ3n) is 7.36. The Bertz CT molecular complexity index is 1430. The lowest BCUT2D eigenvalue weighted by Crippen LogP contribution is -2.46. The van der Waals surface area contributed by atoms with E-state index in [0.29, 0.717) is 66.7 Å². The van der Waals surface area contributed by atoms with Crippen LogP contribution >= 0.6 is 11.3 Å². The van der Waals surface area contributed by atoms with Gasteiger partial charge in [0.15, 0.2) is 20.8 Å². The highest BCUT2D eigenvalue weighted by molar-refractivity contribution is 7.92. The Labute approximate surface area is 243 Å². The predicted octanol–water partition coefficient (Wildman–Crippen LogP) is 3.27. The minimum atomic E-state index is -3.69. The minimum Gasteiger partial charge on any atom is -0.396 e. The number of amides is 2. The molecule has 2 aromatic heterocycles. The van der Waals surface area contributed by atoms with Crippen molar-refractivity contribution in [1.82, 2.24) is 15.0 Å². The zero-order valence-electron chi connectivity index (χ0n) is 22.8. The Morgan fingerprint density at radius 2 is 1.93 bits per heavy atom. The maximum Gasteiger partial charge on any atom is 0.325 e. The van der Waals surface area contributed by atoms with Crippen LogP contribution in [0.25, 0.3) is 11.4 Å². The number of carbonyl (C=O) groups is 1. The first-order valence-corrected chi connectivity index (χ1v) is 16.1. The number of carbonyl (C=O) groups excluding carboxylic acids is 1. The summed E-state index contributed by atoms with van der Waals surface area (Å²) in [4.78, 5) is 28.2. The lowest BCUT2D eigenvalue weighted by molar-refractivity contribution is 0.0729. The number of aromatic nitrogens is 3. The predicted molar refractivity (Wildman–Crippen MR) is 157 cm³/mol. The Hall–Kier alpha value is -3.17. The van der Waals surface area contributed by atoms with Gasteiger partial charge in [0.25, 0.3) is 0 Å². The quantitative estimate of drug-likeness (QED) is 0.332. The number of morpholine rings is 1. The summed E-state index contributed by atoms with van der Waals surface area (Å²) in [5.41, 5.74) is 1.67. The molecular formula is C27H34N6O6S2. The number of thiazole rings is 1. The van der Waals surface area contributed by atoms with Gasteiger partial charge in [-0.25, -0.2) is 28.2 Å². The molecule has 0 unspecified atom stereocenters. The average molecular weight is 603 g/mol. The lowest BCUT2D eigenvalue weighted by Gasteiger charge is -2.38. The molecule has 0 bridgehead atoms. The summed E-state index contributed by atoms with van der Waals surface area (Å²) < 4.78 is 37.6. The fraction of sp³-hybridized carbons (Fsp3) is 0.481. The largest absolute Gasteiger partial charge is 0.396 e. The molecule has 0 radical (unpaired) electrons. The summed E-state index contributed by atoms with van der Waals surface area (Å²) in [6, 6.07) is 8.50. The Morgan fingerprint density at radius 1 is 1.15 bits per heavy atom. The summed E-state index contributed by atoms with van der Waals surface area (Å²) in [7, 11) is -3.69. The van der Waals surface area contributed by atoms with Gasteiger partial charge in [0.1, 0.15) is 10.6 Å². The lowest BCUT2D eigenvalue weighted by atomic mass is 9.94. The Kier molecular flexibility index (Phi) is 9.14. The van der Waals surface area contributed by atoms with Gasteiger partial charge < -0.3 is 24.8 Å². The molecule has 2 aliphatic heterocycles. The van der Waals surface area contributed by atoms with Crippen LogP contribution in [0.3, 0.4) is 0 Å². The van der Waals surface area contributed by atoms with E-state index in [1.165, 1.54) is 11.3 Å². The van der Waals surface area contributed by atoms with Crippen LogP contribution in [0.1, 0.15) is 31.9 Å². The summed E-state index contributed by atoms with van der Waals surface area (Å²) >= 11 is 1.32. The molecule has 0 spiro atoms. The van der Waals surface area contributed by atoms with Crippen molar-refractivity contribution in [3.05, 3.63) is 47.6 Å². The van der Waals surface area contributed by atoms with Gasteiger partial charge in [0.05, 0.1) is 30.7 Å². The number of aliphatic hydroxyl groups is 1. The van der Waals surface area contributed by atoms with Crippen molar-refractivity contribution < 1.29 is 27.8 Å². The minimum absolute atomic E-state index is 0.0407. The van der Waals surface area contributed by atoms with Crippen LogP contribution < -0.4 is 15.5 Å². The van der Waals surface area contributed by atoms with Crippen LogP contribution in [0.2, 0.25) is 0 Å². The van der Waals surface area contributed by atoms with E-state index in [0.717, 1.165) is 0 Å². The summed E-state index contributed by atoms with van der Waals surface area (Å²) in [5.74, 6) is 0.877. The number of ether oxygens (including phenoxy) is 2. The number of hydrogen-bond donors (Lipinski definition) is 3. The SMILES string of the molecule is C[C@H]1COCCN1c1cc(C2(S(=O)(=O)CCCO)CCOCC2)nc(-c2ccc(NC(=O)Nc3nccs3)cc2)n1. The van der Waals surface area contributed by atoms with E-state index in [2.05, 4.69) is 20.5 Å². The first kappa shape index (κ1) is 29.3. The number of sulfone groups is 1. The maximum atomic E-state index is 13.8. The fourth-order valence-electron chi connectivity index (χ4n) is 5.14. The number of nitrogens with zero attached hydrogens (tertiary/aromatic N) is 4. The Balaban J connectivity index is 1.51. The van der Waals surface area contributed by atoms with Crippen LogP contribution in [0.5, 0.6) is 0 Å². The molecule has 1 aromatic carbocycles. The molecule has 1 atom stereocenters. The van der Waals surface area contributed by atoms with Gasteiger partial charge in [-0.15, -0.1) is 11.3 Å².